The molecule has 5 heteroatoms. The third-order valence-corrected chi connectivity index (χ3v) is 2.06. The van der Waals surface area contributed by atoms with E-state index < -0.39 is 5.97 Å². The monoisotopic (exact) mass is 242 g/mol. The summed E-state index contributed by atoms with van der Waals surface area (Å²) in [6, 6.07) is 6.17. The van der Waals surface area contributed by atoms with Gasteiger partial charge >= 0.3 is 5.97 Å². The molecule has 0 amide bonds. The highest BCUT2D eigenvalue weighted by Crippen LogP contribution is 2.13. The summed E-state index contributed by atoms with van der Waals surface area (Å²) < 4.78 is 0. The minimum absolute atomic E-state index is 0.0645. The average molecular weight is 243 g/mol. The van der Waals surface area contributed by atoms with Crippen LogP contribution in [0.15, 0.2) is 24.3 Å². The fraction of sp³-hybridized carbons (Fsp3) is 0.273. The molecule has 0 aliphatic rings. The number of benzene rings is 1. The van der Waals surface area contributed by atoms with E-state index in [4.69, 9.17) is 16.5 Å². The fourth-order valence-electron chi connectivity index (χ4n) is 0.927. The van der Waals surface area contributed by atoms with Crippen molar-refractivity contribution in [2.24, 2.45) is 0 Å². The maximum atomic E-state index is 11.2. The molecule has 1 aromatic carbocycles. The predicted molar refractivity (Wildman–Crippen MR) is 58.5 cm³/mol. The topological polar surface area (TPSA) is 52.6 Å². The van der Waals surface area contributed by atoms with Crippen LogP contribution in [0.25, 0.3) is 0 Å². The lowest BCUT2D eigenvalue weighted by Crippen LogP contribution is -2.06. The van der Waals surface area contributed by atoms with Crippen LogP contribution >= 0.6 is 11.6 Å². The Morgan fingerprint density at radius 3 is 2.38 bits per heavy atom. The Labute approximate surface area is 98.0 Å². The molecule has 0 atom stereocenters. The van der Waals surface area contributed by atoms with Gasteiger partial charge in [-0.25, -0.2) is 4.79 Å². The number of hydrogen-bond donors (Lipinski definition) is 0. The molecule has 0 fully saturated rings. The van der Waals surface area contributed by atoms with Crippen molar-refractivity contribution >= 4 is 23.4 Å². The molecular formula is C11H11ClO4. The largest absolute Gasteiger partial charge is 0.355 e. The summed E-state index contributed by atoms with van der Waals surface area (Å²) in [6.45, 7) is 1.66. The van der Waals surface area contributed by atoms with Gasteiger partial charge in [0.15, 0.2) is 11.5 Å². The molecule has 0 N–H and O–H groups in total. The van der Waals surface area contributed by atoms with Crippen molar-refractivity contribution in [3.63, 3.8) is 0 Å². The highest BCUT2D eigenvalue weighted by Gasteiger charge is 2.05. The number of ketones is 1. The molecule has 1 rings (SSSR count). The van der Waals surface area contributed by atoms with Crippen LogP contribution < -0.4 is 4.89 Å². The van der Waals surface area contributed by atoms with Gasteiger partial charge in [0.05, 0.1) is 5.88 Å². The molecule has 0 saturated heterocycles. The lowest BCUT2D eigenvalue weighted by atomic mass is 10.1. The van der Waals surface area contributed by atoms with Gasteiger partial charge in [-0.1, -0.05) is 6.92 Å². The number of carbonyl (C=O) groups is 2. The summed E-state index contributed by atoms with van der Waals surface area (Å²) in [5.41, 5.74) is 0.490. The predicted octanol–water partition coefficient (Wildman–Crippen LogP) is 2.36. The number of hydrogen-bond acceptors (Lipinski definition) is 4. The summed E-state index contributed by atoms with van der Waals surface area (Å²) in [5.74, 6) is -0.335. The first-order chi connectivity index (χ1) is 7.67. The van der Waals surface area contributed by atoms with Crippen LogP contribution in [0.4, 0.5) is 0 Å². The summed E-state index contributed by atoms with van der Waals surface area (Å²) >= 11 is 5.40. The molecule has 86 valence electrons. The van der Waals surface area contributed by atoms with Gasteiger partial charge in [-0.3, -0.25) is 14.6 Å². The van der Waals surface area contributed by atoms with Gasteiger partial charge in [-0.15, -0.1) is 11.6 Å². The van der Waals surface area contributed by atoms with E-state index in [2.05, 4.69) is 4.89 Å². The van der Waals surface area contributed by atoms with Crippen LogP contribution in [-0.4, -0.2) is 17.6 Å². The van der Waals surface area contributed by atoms with Crippen molar-refractivity contribution in [2.45, 2.75) is 13.3 Å². The quantitative estimate of drug-likeness (QED) is 0.344. The molecule has 4 nitrogen and oxygen atoms in total. The average Bonchev–Trinajstić information content (AvgIpc) is 2.35. The van der Waals surface area contributed by atoms with Gasteiger partial charge in [0.25, 0.3) is 0 Å². The van der Waals surface area contributed by atoms with E-state index >= 15 is 0 Å². The number of alkyl halides is 1. The molecule has 0 unspecified atom stereocenters. The second kappa shape index (κ2) is 6.12. The zero-order chi connectivity index (χ0) is 12.0. The first-order valence-corrected chi connectivity index (χ1v) is 5.27. The lowest BCUT2D eigenvalue weighted by Gasteiger charge is -2.03. The molecule has 0 spiro atoms. The van der Waals surface area contributed by atoms with Crippen molar-refractivity contribution < 1.29 is 19.4 Å². The van der Waals surface area contributed by atoms with Crippen LogP contribution in [0, 0.1) is 0 Å². The minimum atomic E-state index is -0.457. The third kappa shape index (κ3) is 3.55. The van der Waals surface area contributed by atoms with Crippen molar-refractivity contribution in [3.05, 3.63) is 29.8 Å². The van der Waals surface area contributed by atoms with E-state index in [0.29, 0.717) is 11.3 Å². The molecule has 1 aromatic rings. The standard InChI is InChI=1S/C11H11ClO4/c1-2-11(14)16-15-9-5-3-8(4-6-9)10(13)7-12/h3-6H,2,7H2,1H3. The number of Topliss-reactive ketones (excluding diaryl/α,β-unsaturated/α-hetero) is 1. The van der Waals surface area contributed by atoms with E-state index in [0.717, 1.165) is 0 Å². The maximum Gasteiger partial charge on any atom is 0.355 e. The fourth-order valence-corrected chi connectivity index (χ4v) is 1.08. The van der Waals surface area contributed by atoms with Crippen LogP contribution in [0.5, 0.6) is 5.75 Å². The van der Waals surface area contributed by atoms with E-state index in [9.17, 15) is 9.59 Å². The molecule has 0 bridgehead atoms. The second-order valence-electron chi connectivity index (χ2n) is 2.97. The molecule has 0 saturated carbocycles. The van der Waals surface area contributed by atoms with E-state index in [-0.39, 0.29) is 18.1 Å². The van der Waals surface area contributed by atoms with Crippen LogP contribution in [-0.2, 0) is 9.68 Å². The Balaban J connectivity index is 2.58. The van der Waals surface area contributed by atoms with Gasteiger partial charge in [0.1, 0.15) is 0 Å². The zero-order valence-corrected chi connectivity index (χ0v) is 9.49. The lowest BCUT2D eigenvalue weighted by molar-refractivity contribution is -0.213. The molecular weight excluding hydrogens is 232 g/mol. The van der Waals surface area contributed by atoms with Crippen molar-refractivity contribution in [2.75, 3.05) is 5.88 Å². The smallest absolute Gasteiger partial charge is 0.293 e. The SMILES string of the molecule is CCC(=O)OOc1ccc(C(=O)CCl)cc1. The number of carbonyl (C=O) groups excluding carboxylic acids is 2. The van der Waals surface area contributed by atoms with Gasteiger partial charge in [0.2, 0.25) is 0 Å². The Morgan fingerprint density at radius 1 is 1.25 bits per heavy atom. The van der Waals surface area contributed by atoms with E-state index in [1.54, 1.807) is 19.1 Å². The second-order valence-corrected chi connectivity index (χ2v) is 3.24. The highest BCUT2D eigenvalue weighted by molar-refractivity contribution is 6.30. The van der Waals surface area contributed by atoms with E-state index in [1.807, 2.05) is 0 Å². The zero-order valence-electron chi connectivity index (χ0n) is 8.73. The van der Waals surface area contributed by atoms with Crippen LogP contribution in [0.1, 0.15) is 23.7 Å². The first-order valence-electron chi connectivity index (χ1n) is 4.74. The first kappa shape index (κ1) is 12.5. The van der Waals surface area contributed by atoms with Crippen molar-refractivity contribution in [1.82, 2.24) is 0 Å². The van der Waals surface area contributed by atoms with Gasteiger partial charge < -0.3 is 0 Å². The number of rotatable bonds is 5. The molecule has 0 radical (unpaired) electrons. The summed E-state index contributed by atoms with van der Waals surface area (Å²) in [7, 11) is 0. The minimum Gasteiger partial charge on any atom is -0.293 e. The summed E-state index contributed by atoms with van der Waals surface area (Å²) in [4.78, 5) is 31.2. The molecule has 0 aliphatic carbocycles. The molecule has 0 aromatic heterocycles. The Morgan fingerprint density at radius 2 is 1.88 bits per heavy atom. The van der Waals surface area contributed by atoms with Gasteiger partial charge in [-0.2, -0.15) is 0 Å². The van der Waals surface area contributed by atoms with Crippen molar-refractivity contribution in [3.8, 4) is 5.75 Å². The van der Waals surface area contributed by atoms with E-state index in [1.165, 1.54) is 12.1 Å². The van der Waals surface area contributed by atoms with Crippen LogP contribution in [0.2, 0.25) is 0 Å². The number of halogens is 1. The Hall–Kier alpha value is -1.55. The molecule has 0 heterocycles. The molecule has 0 aliphatic heterocycles. The Bertz CT molecular complexity index is 372. The van der Waals surface area contributed by atoms with Crippen molar-refractivity contribution in [1.29, 1.82) is 0 Å². The summed E-state index contributed by atoms with van der Waals surface area (Å²) in [6.07, 6.45) is 0.239. The van der Waals surface area contributed by atoms with Gasteiger partial charge in [0, 0.05) is 12.0 Å². The van der Waals surface area contributed by atoms with Gasteiger partial charge in [-0.05, 0) is 24.3 Å². The maximum absolute atomic E-state index is 11.2. The highest BCUT2D eigenvalue weighted by atomic mass is 35.5. The third-order valence-electron chi connectivity index (χ3n) is 1.82. The Kier molecular flexibility index (Phi) is 4.79. The summed E-state index contributed by atoms with van der Waals surface area (Å²) in [5, 5.41) is 0. The molecule has 16 heavy (non-hydrogen) atoms. The normalized spacial score (nSPS) is 9.62. The van der Waals surface area contributed by atoms with Crippen LogP contribution in [0.3, 0.4) is 0 Å².